The van der Waals surface area contributed by atoms with E-state index in [2.05, 4.69) is 93.7 Å². The van der Waals surface area contributed by atoms with E-state index in [1.807, 2.05) is 0 Å². The first kappa shape index (κ1) is 90.0. The Kier molecular flexibility index (Phi) is 66.7. The maximum atomic E-state index is 12.9. The number of rotatable bonds is 71. The Bertz CT molecular complexity index is 1990. The van der Waals surface area contributed by atoms with Crippen LogP contribution in [0.5, 0.6) is 0 Å². The minimum atomic E-state index is -4.91. The lowest BCUT2D eigenvalue weighted by atomic mass is 10.0. The van der Waals surface area contributed by atoms with Crippen LogP contribution in [0.25, 0.3) is 0 Å². The van der Waals surface area contributed by atoms with E-state index in [0.717, 1.165) is 109 Å². The van der Waals surface area contributed by atoms with E-state index >= 15 is 0 Å². The summed E-state index contributed by atoms with van der Waals surface area (Å²) in [5, 5.41) is 20.6. The van der Waals surface area contributed by atoms with Crippen LogP contribution in [-0.4, -0.2) is 95.9 Å². The van der Waals surface area contributed by atoms with Gasteiger partial charge in [-0.1, -0.05) is 312 Å². The van der Waals surface area contributed by atoms with Crippen molar-refractivity contribution < 1.29 is 75.8 Å². The Labute approximate surface area is 566 Å². The van der Waals surface area contributed by atoms with Gasteiger partial charge >= 0.3 is 33.6 Å². The number of unbranched alkanes of at least 4 members (excludes halogenated alkanes) is 36. The zero-order valence-electron chi connectivity index (χ0n) is 58.9. The highest BCUT2D eigenvalue weighted by atomic mass is 31.2. The molecule has 0 fully saturated rings. The van der Waals surface area contributed by atoms with Gasteiger partial charge in [-0.15, -0.1) is 0 Å². The van der Waals surface area contributed by atoms with Crippen molar-refractivity contribution in [2.45, 2.75) is 347 Å². The normalized spacial score (nSPS) is 14.5. The molecular weight excluding hydrogens is 1220 g/mol. The molecule has 93 heavy (non-hydrogen) atoms. The number of ether oxygens (including phenoxy) is 3. The van der Waals surface area contributed by atoms with Gasteiger partial charge < -0.3 is 34.2 Å². The third-order valence-corrected chi connectivity index (χ3v) is 17.8. The number of aliphatic hydroxyl groups is 2. The highest BCUT2D eigenvalue weighted by Gasteiger charge is 2.29. The SMILES string of the molecule is CC/C=C\C/C=C\C/C=C\C/C=C\C/C=C\C/C=C\CCCCCCCCCCCCCCCCC(=O)OCC(O)COP(=O)(O)OCC(O)COP(=O)(O)OCC(COC(=O)CCCCCCCCCCCCCCC)OC(=O)CCCCCCCCCCCCC. The second-order valence-corrected chi connectivity index (χ2v) is 28.0. The summed E-state index contributed by atoms with van der Waals surface area (Å²) in [4.78, 5) is 58.3. The Hall–Kier alpha value is -3.01. The molecule has 0 radical (unpaired) electrons. The van der Waals surface area contributed by atoms with Crippen LogP contribution < -0.4 is 0 Å². The Morgan fingerprint density at radius 1 is 0.312 bits per heavy atom. The number of allylic oxidation sites excluding steroid dienone is 12. The second kappa shape index (κ2) is 68.9. The lowest BCUT2D eigenvalue weighted by Crippen LogP contribution is -2.30. The van der Waals surface area contributed by atoms with Gasteiger partial charge in [-0.05, 0) is 70.6 Å². The van der Waals surface area contributed by atoms with E-state index in [4.69, 9.17) is 32.3 Å². The molecule has 0 amide bonds. The molecule has 0 bridgehead atoms. The van der Waals surface area contributed by atoms with Gasteiger partial charge in [-0.25, -0.2) is 9.13 Å². The summed E-state index contributed by atoms with van der Waals surface area (Å²) in [7, 11) is -9.75. The highest BCUT2D eigenvalue weighted by Crippen LogP contribution is 2.45. The van der Waals surface area contributed by atoms with Crippen molar-refractivity contribution in [1.82, 2.24) is 0 Å². The molecule has 5 atom stereocenters. The van der Waals surface area contributed by atoms with Crippen molar-refractivity contribution in [1.29, 1.82) is 0 Å². The van der Waals surface area contributed by atoms with Crippen LogP contribution in [0, 0.1) is 0 Å². The van der Waals surface area contributed by atoms with E-state index in [9.17, 15) is 43.5 Å². The van der Waals surface area contributed by atoms with Gasteiger partial charge in [-0.2, -0.15) is 0 Å². The zero-order chi connectivity index (χ0) is 68.1. The van der Waals surface area contributed by atoms with Crippen molar-refractivity contribution in [3.05, 3.63) is 72.9 Å². The molecule has 542 valence electrons. The average Bonchev–Trinajstić information content (AvgIpc) is 3.07. The maximum absolute atomic E-state index is 12.9. The molecule has 0 spiro atoms. The topological polar surface area (TPSA) is 231 Å². The van der Waals surface area contributed by atoms with Gasteiger partial charge in [0.2, 0.25) is 0 Å². The Morgan fingerprint density at radius 2 is 0.570 bits per heavy atom. The molecule has 0 aliphatic carbocycles. The molecule has 0 rings (SSSR count). The zero-order valence-corrected chi connectivity index (χ0v) is 60.7. The predicted octanol–water partition coefficient (Wildman–Crippen LogP) is 21.1. The van der Waals surface area contributed by atoms with E-state index < -0.39 is 91.5 Å². The molecule has 0 heterocycles. The maximum Gasteiger partial charge on any atom is 0.472 e. The Balaban J connectivity index is 4.29. The highest BCUT2D eigenvalue weighted by molar-refractivity contribution is 7.47. The summed E-state index contributed by atoms with van der Waals surface area (Å²) >= 11 is 0. The molecule has 18 heteroatoms. The standard InChI is InChI=1S/C75H136O16P2/c1-4-7-10-13-16-19-22-24-25-26-27-28-29-30-31-32-33-34-35-36-37-38-39-40-41-42-43-45-48-49-52-55-58-61-73(78)85-64-70(76)65-87-92(81,82)88-66-71(77)67-89-93(83,84)90-69-72(91-75(80)63-60-57-54-51-46-21-18-15-12-9-6-3)68-86-74(79)62-59-56-53-50-47-44-23-20-17-14-11-8-5-2/h7,10,16,19,24-25,27-28,30-31,33-34,70-72,76-77H,4-6,8-9,11-15,17-18,20-23,26,29,32,35-69H2,1-3H3,(H,81,82)(H,83,84)/b10-7-,19-16-,25-24-,28-27-,31-30-,34-33-. The van der Waals surface area contributed by atoms with Crippen LogP contribution >= 0.6 is 15.6 Å². The predicted molar refractivity (Wildman–Crippen MR) is 381 cm³/mol. The molecule has 0 saturated carbocycles. The van der Waals surface area contributed by atoms with Crippen LogP contribution in [0.15, 0.2) is 72.9 Å². The lowest BCUT2D eigenvalue weighted by molar-refractivity contribution is -0.161. The number of aliphatic hydroxyl groups excluding tert-OH is 2. The number of esters is 3. The number of phosphoric acid groups is 2. The van der Waals surface area contributed by atoms with Gasteiger partial charge in [0.25, 0.3) is 0 Å². The van der Waals surface area contributed by atoms with Crippen molar-refractivity contribution in [3.8, 4) is 0 Å². The molecule has 0 aromatic carbocycles. The summed E-state index contributed by atoms with van der Waals surface area (Å²) in [6.45, 7) is 2.59. The number of hydrogen-bond donors (Lipinski definition) is 4. The first-order valence-corrected chi connectivity index (χ1v) is 40.2. The van der Waals surface area contributed by atoms with Crippen molar-refractivity contribution in [3.63, 3.8) is 0 Å². The number of phosphoric ester groups is 2. The lowest BCUT2D eigenvalue weighted by Gasteiger charge is -2.21. The Morgan fingerprint density at radius 3 is 0.903 bits per heavy atom. The molecule has 5 unspecified atom stereocenters. The van der Waals surface area contributed by atoms with Crippen LogP contribution in [-0.2, 0) is 55.8 Å². The molecule has 0 aliphatic heterocycles. The molecule has 16 nitrogen and oxygen atoms in total. The third-order valence-electron chi connectivity index (χ3n) is 15.9. The van der Waals surface area contributed by atoms with E-state index in [1.54, 1.807) is 0 Å². The quantitative estimate of drug-likeness (QED) is 0.0146. The van der Waals surface area contributed by atoms with Crippen LogP contribution in [0.3, 0.4) is 0 Å². The van der Waals surface area contributed by atoms with Crippen LogP contribution in [0.1, 0.15) is 329 Å². The molecule has 0 aliphatic rings. The fourth-order valence-corrected chi connectivity index (χ4v) is 11.9. The van der Waals surface area contributed by atoms with Crippen LogP contribution in [0.4, 0.5) is 0 Å². The van der Waals surface area contributed by atoms with E-state index in [-0.39, 0.29) is 19.3 Å². The van der Waals surface area contributed by atoms with E-state index in [1.165, 1.54) is 161 Å². The third kappa shape index (κ3) is 70.1. The molecule has 0 aromatic heterocycles. The number of hydrogen-bond acceptors (Lipinski definition) is 14. The molecular formula is C75H136O16P2. The van der Waals surface area contributed by atoms with Gasteiger partial charge in [0.15, 0.2) is 6.10 Å². The summed E-state index contributed by atoms with van der Waals surface area (Å²) in [6.07, 6.45) is 74.1. The summed E-state index contributed by atoms with van der Waals surface area (Å²) in [5.41, 5.74) is 0. The van der Waals surface area contributed by atoms with Gasteiger partial charge in [0.1, 0.15) is 25.4 Å². The molecule has 0 saturated heterocycles. The van der Waals surface area contributed by atoms with Crippen molar-refractivity contribution >= 4 is 33.6 Å². The van der Waals surface area contributed by atoms with Gasteiger partial charge in [-0.3, -0.25) is 32.5 Å². The first-order valence-electron chi connectivity index (χ1n) is 37.2. The summed E-state index contributed by atoms with van der Waals surface area (Å²) in [6, 6.07) is 0. The molecule has 4 N–H and O–H groups in total. The summed E-state index contributed by atoms with van der Waals surface area (Å²) in [5.74, 6) is -1.56. The monoisotopic (exact) mass is 1350 g/mol. The van der Waals surface area contributed by atoms with Crippen molar-refractivity contribution in [2.75, 3.05) is 39.6 Å². The fraction of sp³-hybridized carbons (Fsp3) is 0.800. The average molecular weight is 1360 g/mol. The largest absolute Gasteiger partial charge is 0.472 e. The van der Waals surface area contributed by atoms with Gasteiger partial charge in [0.05, 0.1) is 26.4 Å². The summed E-state index contributed by atoms with van der Waals surface area (Å²) < 4.78 is 60.9. The minimum Gasteiger partial charge on any atom is -0.463 e. The second-order valence-electron chi connectivity index (χ2n) is 25.1. The fourth-order valence-electron chi connectivity index (χ4n) is 10.3. The van der Waals surface area contributed by atoms with Crippen LogP contribution in [0.2, 0.25) is 0 Å². The van der Waals surface area contributed by atoms with Gasteiger partial charge in [0, 0.05) is 19.3 Å². The van der Waals surface area contributed by atoms with E-state index in [0.29, 0.717) is 19.3 Å². The molecule has 0 aromatic rings. The van der Waals surface area contributed by atoms with Crippen molar-refractivity contribution in [2.24, 2.45) is 0 Å². The smallest absolute Gasteiger partial charge is 0.463 e. The first-order chi connectivity index (χ1) is 45.2. The number of carbonyl (C=O) groups is 3. The minimum absolute atomic E-state index is 0.112. The number of carbonyl (C=O) groups excluding carboxylic acids is 3.